The molecule has 3 aliphatic rings. The maximum atomic E-state index is 13.1. The average molecular weight is 427 g/mol. The predicted octanol–water partition coefficient (Wildman–Crippen LogP) is 1.48. The molecular weight excluding hydrogens is 396 g/mol. The van der Waals surface area contributed by atoms with Crippen LogP contribution >= 0.6 is 0 Å². The third-order valence-corrected chi connectivity index (χ3v) is 7.03. The van der Waals surface area contributed by atoms with Crippen molar-refractivity contribution < 1.29 is 19.2 Å². The molecular formula is C23H30N4O4. The van der Waals surface area contributed by atoms with Crippen LogP contribution in [-0.2, 0) is 16.1 Å². The molecule has 31 heavy (non-hydrogen) atoms. The van der Waals surface area contributed by atoms with E-state index in [1.807, 2.05) is 6.07 Å². The molecule has 4 N–H and O–H groups in total. The number of nitrogens with one attached hydrogen (secondary N) is 2. The Morgan fingerprint density at radius 3 is 2.61 bits per heavy atom. The number of carbonyl (C=O) groups is 4. The van der Waals surface area contributed by atoms with Crippen LogP contribution in [0.1, 0.15) is 77.6 Å². The molecule has 166 valence electrons. The average Bonchev–Trinajstić information content (AvgIpc) is 3.33. The van der Waals surface area contributed by atoms with Gasteiger partial charge in [-0.3, -0.25) is 29.4 Å². The number of rotatable bonds is 8. The largest absolute Gasteiger partial charge is 0.330 e. The molecule has 0 spiro atoms. The summed E-state index contributed by atoms with van der Waals surface area (Å²) in [6, 6.07) is 4.28. The quantitative estimate of drug-likeness (QED) is 0.428. The van der Waals surface area contributed by atoms with Crippen molar-refractivity contribution >= 4 is 23.6 Å². The maximum Gasteiger partial charge on any atom is 0.262 e. The summed E-state index contributed by atoms with van der Waals surface area (Å²) in [5.74, 6) is -1.90. The summed E-state index contributed by atoms with van der Waals surface area (Å²) >= 11 is 0. The van der Waals surface area contributed by atoms with Gasteiger partial charge in [0.2, 0.25) is 11.8 Å². The monoisotopic (exact) mass is 426 g/mol. The summed E-state index contributed by atoms with van der Waals surface area (Å²) in [5.41, 5.74) is 7.74. The van der Waals surface area contributed by atoms with Crippen LogP contribution in [0.15, 0.2) is 18.2 Å². The molecule has 1 aliphatic carbocycles. The molecule has 0 bridgehead atoms. The van der Waals surface area contributed by atoms with E-state index in [1.165, 1.54) is 25.7 Å². The maximum absolute atomic E-state index is 13.1. The molecule has 0 aromatic heterocycles. The van der Waals surface area contributed by atoms with Gasteiger partial charge in [0.05, 0.1) is 11.1 Å². The highest BCUT2D eigenvalue weighted by Gasteiger charge is 2.45. The van der Waals surface area contributed by atoms with Gasteiger partial charge in [0.25, 0.3) is 11.8 Å². The number of hydrogen-bond donors (Lipinski definition) is 3. The SMILES string of the molecule is NCC1(CCCNCc2cccc3c2C(=O)N(C2CCC(=O)NC2=O)C3=O)CCCC1. The van der Waals surface area contributed by atoms with Gasteiger partial charge in [-0.2, -0.15) is 0 Å². The summed E-state index contributed by atoms with van der Waals surface area (Å²) < 4.78 is 0. The molecule has 1 saturated heterocycles. The number of amides is 4. The molecule has 8 heteroatoms. The number of fused-ring (bicyclic) bond motifs is 1. The lowest BCUT2D eigenvalue weighted by molar-refractivity contribution is -0.136. The molecule has 1 aromatic rings. The fraction of sp³-hybridized carbons (Fsp3) is 0.565. The van der Waals surface area contributed by atoms with Gasteiger partial charge in [-0.25, -0.2) is 0 Å². The molecule has 2 fully saturated rings. The zero-order valence-corrected chi connectivity index (χ0v) is 17.7. The highest BCUT2D eigenvalue weighted by Crippen LogP contribution is 2.40. The van der Waals surface area contributed by atoms with Crippen molar-refractivity contribution in [3.63, 3.8) is 0 Å². The van der Waals surface area contributed by atoms with Gasteiger partial charge in [0, 0.05) is 13.0 Å². The Morgan fingerprint density at radius 1 is 1.13 bits per heavy atom. The van der Waals surface area contributed by atoms with Gasteiger partial charge >= 0.3 is 0 Å². The second-order valence-corrected chi connectivity index (χ2v) is 8.98. The van der Waals surface area contributed by atoms with E-state index in [2.05, 4.69) is 10.6 Å². The molecule has 8 nitrogen and oxygen atoms in total. The summed E-state index contributed by atoms with van der Waals surface area (Å²) in [4.78, 5) is 50.6. The molecule has 1 saturated carbocycles. The second kappa shape index (κ2) is 8.88. The van der Waals surface area contributed by atoms with Crippen molar-refractivity contribution in [2.75, 3.05) is 13.1 Å². The number of imide groups is 2. The van der Waals surface area contributed by atoms with Gasteiger partial charge in [-0.1, -0.05) is 25.0 Å². The number of hydrogen-bond acceptors (Lipinski definition) is 6. The zero-order valence-electron chi connectivity index (χ0n) is 17.7. The van der Waals surface area contributed by atoms with Crippen molar-refractivity contribution in [3.8, 4) is 0 Å². The predicted molar refractivity (Wildman–Crippen MR) is 114 cm³/mol. The summed E-state index contributed by atoms with van der Waals surface area (Å²) in [6.07, 6.45) is 7.34. The van der Waals surface area contributed by atoms with Crippen LogP contribution in [0.2, 0.25) is 0 Å². The zero-order chi connectivity index (χ0) is 22.0. The van der Waals surface area contributed by atoms with E-state index in [1.54, 1.807) is 12.1 Å². The second-order valence-electron chi connectivity index (χ2n) is 8.98. The fourth-order valence-electron chi connectivity index (χ4n) is 5.22. The number of nitrogens with two attached hydrogens (primary N) is 1. The standard InChI is InChI=1S/C23H30N4O4/c24-14-23(9-1-2-10-23)11-4-12-25-13-15-5-3-6-16-19(15)22(31)27(21(16)30)17-7-8-18(28)26-20(17)29/h3,5-6,17,25H,1-2,4,7-14,24H2,(H,26,28,29). The minimum atomic E-state index is -0.940. The van der Waals surface area contributed by atoms with Crippen LogP contribution in [0, 0.1) is 5.41 Å². The number of nitrogens with zero attached hydrogens (tertiary/aromatic N) is 1. The molecule has 1 aromatic carbocycles. The van der Waals surface area contributed by atoms with E-state index in [4.69, 9.17) is 5.73 Å². The number of piperidine rings is 1. The lowest BCUT2D eigenvalue weighted by Crippen LogP contribution is -2.54. The van der Waals surface area contributed by atoms with Crippen LogP contribution in [0.5, 0.6) is 0 Å². The Bertz CT molecular complexity index is 907. The summed E-state index contributed by atoms with van der Waals surface area (Å²) in [6.45, 7) is 2.03. The first-order valence-electron chi connectivity index (χ1n) is 11.2. The topological polar surface area (TPSA) is 122 Å². The third-order valence-electron chi connectivity index (χ3n) is 7.03. The van der Waals surface area contributed by atoms with Crippen molar-refractivity contribution in [3.05, 3.63) is 34.9 Å². The molecule has 2 heterocycles. The highest BCUT2D eigenvalue weighted by molar-refractivity contribution is 6.24. The molecule has 4 rings (SSSR count). The Labute approximate surface area is 181 Å². The smallest absolute Gasteiger partial charge is 0.262 e. The van der Waals surface area contributed by atoms with E-state index < -0.39 is 23.8 Å². The van der Waals surface area contributed by atoms with Gasteiger partial charge in [0.1, 0.15) is 6.04 Å². The van der Waals surface area contributed by atoms with Gasteiger partial charge in [-0.15, -0.1) is 0 Å². The van der Waals surface area contributed by atoms with Crippen molar-refractivity contribution in [1.29, 1.82) is 0 Å². The fourth-order valence-corrected chi connectivity index (χ4v) is 5.22. The molecule has 1 unspecified atom stereocenters. The Morgan fingerprint density at radius 2 is 1.90 bits per heavy atom. The Hall–Kier alpha value is -2.58. The van der Waals surface area contributed by atoms with E-state index in [9.17, 15) is 19.2 Å². The van der Waals surface area contributed by atoms with E-state index in [0.29, 0.717) is 23.1 Å². The Kier molecular flexibility index (Phi) is 6.20. The van der Waals surface area contributed by atoms with Crippen LogP contribution < -0.4 is 16.4 Å². The van der Waals surface area contributed by atoms with E-state index >= 15 is 0 Å². The number of carbonyl (C=O) groups excluding carboxylic acids is 4. The first-order valence-corrected chi connectivity index (χ1v) is 11.2. The third kappa shape index (κ3) is 4.14. The first kappa shape index (κ1) is 21.6. The number of benzene rings is 1. The minimum absolute atomic E-state index is 0.114. The van der Waals surface area contributed by atoms with Crippen LogP contribution in [-0.4, -0.2) is 47.7 Å². The lowest BCUT2D eigenvalue weighted by atomic mass is 9.82. The normalized spacial score (nSPS) is 22.7. The van der Waals surface area contributed by atoms with Crippen LogP contribution in [0.25, 0.3) is 0 Å². The van der Waals surface area contributed by atoms with Crippen LogP contribution in [0.4, 0.5) is 0 Å². The van der Waals surface area contributed by atoms with E-state index in [0.717, 1.165) is 36.4 Å². The summed E-state index contributed by atoms with van der Waals surface area (Å²) in [5, 5.41) is 5.62. The molecule has 1 atom stereocenters. The minimum Gasteiger partial charge on any atom is -0.330 e. The molecule has 2 aliphatic heterocycles. The van der Waals surface area contributed by atoms with Crippen molar-refractivity contribution in [1.82, 2.24) is 15.5 Å². The lowest BCUT2D eigenvalue weighted by Gasteiger charge is -2.28. The van der Waals surface area contributed by atoms with E-state index in [-0.39, 0.29) is 18.7 Å². The summed E-state index contributed by atoms with van der Waals surface area (Å²) in [7, 11) is 0. The first-order chi connectivity index (χ1) is 15.0. The highest BCUT2D eigenvalue weighted by atomic mass is 16.2. The molecule has 0 radical (unpaired) electrons. The van der Waals surface area contributed by atoms with Gasteiger partial charge in [0.15, 0.2) is 0 Å². The van der Waals surface area contributed by atoms with Gasteiger partial charge < -0.3 is 11.1 Å². The van der Waals surface area contributed by atoms with Crippen LogP contribution in [0.3, 0.4) is 0 Å². The van der Waals surface area contributed by atoms with Crippen molar-refractivity contribution in [2.24, 2.45) is 11.1 Å². The molecule has 4 amide bonds. The Balaban J connectivity index is 1.39. The van der Waals surface area contributed by atoms with Gasteiger partial charge in [-0.05, 0) is 62.2 Å². The van der Waals surface area contributed by atoms with Crippen molar-refractivity contribution in [2.45, 2.75) is 64.0 Å².